The molecule has 1 atom stereocenters. The molecule has 0 aliphatic carbocycles. The van der Waals surface area contributed by atoms with Gasteiger partial charge < -0.3 is 9.84 Å². The number of esters is 1. The maximum absolute atomic E-state index is 11.6. The summed E-state index contributed by atoms with van der Waals surface area (Å²) >= 11 is 0. The van der Waals surface area contributed by atoms with Crippen LogP contribution in [0.4, 0.5) is 0 Å². The molecule has 0 saturated heterocycles. The molecule has 0 spiro atoms. The van der Waals surface area contributed by atoms with Gasteiger partial charge in [-0.05, 0) is 25.7 Å². The van der Waals surface area contributed by atoms with E-state index in [-0.39, 0.29) is 11.9 Å². The standard InChI is InChI=1S/2C24H48O2/c1-3-5-7-8-9-10-11-12-13-14-15-16-17-18-19-20-22-23(24(25)26)21-6-4-2;1-3-5-7-9-10-11-12-13-14-15-16-17-19-21-23-26-24(25)22-20-18-8-6-4-2/h23H,3-22H2,1-2H3,(H,25,26);3-23H2,1-2H3. The zero-order chi connectivity index (χ0) is 38.4. The highest BCUT2D eigenvalue weighted by molar-refractivity contribution is 5.69. The maximum atomic E-state index is 11.6. The van der Waals surface area contributed by atoms with Gasteiger partial charge in [-0.2, -0.15) is 0 Å². The van der Waals surface area contributed by atoms with Crippen LogP contribution in [-0.2, 0) is 14.3 Å². The molecule has 0 aromatic carbocycles. The van der Waals surface area contributed by atoms with Gasteiger partial charge in [-0.25, -0.2) is 0 Å². The summed E-state index contributed by atoms with van der Waals surface area (Å²) in [6.45, 7) is 9.54. The van der Waals surface area contributed by atoms with Crippen LogP contribution in [0.2, 0.25) is 0 Å². The highest BCUT2D eigenvalue weighted by Crippen LogP contribution is 2.19. The molecule has 1 N–H and O–H groups in total. The number of hydrogen-bond donors (Lipinski definition) is 1. The molecule has 312 valence electrons. The number of unbranched alkanes of at least 4 members (excludes halogenated alkanes) is 33. The second-order valence-electron chi connectivity index (χ2n) is 16.3. The Morgan fingerprint density at radius 1 is 0.365 bits per heavy atom. The number of carbonyl (C=O) groups excluding carboxylic acids is 1. The van der Waals surface area contributed by atoms with Crippen LogP contribution in [0.3, 0.4) is 0 Å². The van der Waals surface area contributed by atoms with Crippen molar-refractivity contribution in [2.24, 2.45) is 5.92 Å². The number of carboxylic acid groups (broad SMARTS) is 1. The second kappa shape index (κ2) is 48.0. The fourth-order valence-corrected chi connectivity index (χ4v) is 7.21. The first-order valence-corrected chi connectivity index (χ1v) is 23.9. The minimum atomic E-state index is -0.584. The average molecular weight is 737 g/mol. The summed E-state index contributed by atoms with van der Waals surface area (Å²) in [5.41, 5.74) is 0. The van der Waals surface area contributed by atoms with E-state index in [4.69, 9.17) is 4.74 Å². The molecule has 0 rings (SSSR count). The molecule has 0 saturated carbocycles. The van der Waals surface area contributed by atoms with Crippen molar-refractivity contribution in [1.82, 2.24) is 0 Å². The maximum Gasteiger partial charge on any atom is 0.306 e. The minimum Gasteiger partial charge on any atom is -0.481 e. The zero-order valence-corrected chi connectivity index (χ0v) is 36.2. The fraction of sp³-hybridized carbons (Fsp3) is 0.958. The smallest absolute Gasteiger partial charge is 0.306 e. The topological polar surface area (TPSA) is 63.6 Å². The summed E-state index contributed by atoms with van der Waals surface area (Å²) < 4.78 is 5.32. The van der Waals surface area contributed by atoms with Crippen LogP contribution < -0.4 is 0 Å². The lowest BCUT2D eigenvalue weighted by molar-refractivity contribution is -0.144. The summed E-state index contributed by atoms with van der Waals surface area (Å²) in [7, 11) is 0. The third-order valence-electron chi connectivity index (χ3n) is 10.9. The van der Waals surface area contributed by atoms with Gasteiger partial charge in [-0.3, -0.25) is 9.59 Å². The van der Waals surface area contributed by atoms with E-state index in [9.17, 15) is 14.7 Å². The van der Waals surface area contributed by atoms with Gasteiger partial charge in [0.25, 0.3) is 0 Å². The van der Waals surface area contributed by atoms with Crippen LogP contribution in [0.15, 0.2) is 0 Å². The van der Waals surface area contributed by atoms with Gasteiger partial charge in [0.05, 0.1) is 12.5 Å². The number of aliphatic carboxylic acids is 1. The zero-order valence-electron chi connectivity index (χ0n) is 36.2. The van der Waals surface area contributed by atoms with Crippen molar-refractivity contribution in [3.8, 4) is 0 Å². The summed E-state index contributed by atoms with van der Waals surface area (Å²) in [5.74, 6) is -0.669. The summed E-state index contributed by atoms with van der Waals surface area (Å²) in [6.07, 6.45) is 51.5. The van der Waals surface area contributed by atoms with Gasteiger partial charge in [0.1, 0.15) is 0 Å². The molecule has 52 heavy (non-hydrogen) atoms. The molecule has 0 aromatic heterocycles. The van der Waals surface area contributed by atoms with Crippen LogP contribution in [0, 0.1) is 5.92 Å². The van der Waals surface area contributed by atoms with Crippen LogP contribution in [0.1, 0.15) is 285 Å². The number of hydrogen-bond acceptors (Lipinski definition) is 3. The quantitative estimate of drug-likeness (QED) is 0.0501. The van der Waals surface area contributed by atoms with E-state index in [1.54, 1.807) is 0 Å². The lowest BCUT2D eigenvalue weighted by Crippen LogP contribution is -2.13. The van der Waals surface area contributed by atoms with E-state index in [2.05, 4.69) is 27.7 Å². The van der Waals surface area contributed by atoms with Crippen molar-refractivity contribution in [2.75, 3.05) is 6.61 Å². The summed E-state index contributed by atoms with van der Waals surface area (Å²) in [4.78, 5) is 22.8. The number of carbonyl (C=O) groups is 2. The molecule has 4 nitrogen and oxygen atoms in total. The molecule has 0 amide bonds. The number of carboxylic acids is 1. The monoisotopic (exact) mass is 737 g/mol. The molecule has 4 heteroatoms. The molecular formula is C48H96O4. The number of ether oxygens (including phenoxy) is 1. The first kappa shape index (κ1) is 53.0. The van der Waals surface area contributed by atoms with Crippen LogP contribution in [0.25, 0.3) is 0 Å². The van der Waals surface area contributed by atoms with Gasteiger partial charge in [0, 0.05) is 6.42 Å². The number of rotatable bonds is 42. The molecule has 0 fully saturated rings. The molecule has 0 heterocycles. The molecule has 0 aliphatic rings. The molecule has 0 aliphatic heterocycles. The highest BCUT2D eigenvalue weighted by atomic mass is 16.5. The van der Waals surface area contributed by atoms with E-state index in [1.165, 1.54) is 205 Å². The van der Waals surface area contributed by atoms with Crippen molar-refractivity contribution in [3.63, 3.8) is 0 Å². The van der Waals surface area contributed by atoms with E-state index in [0.29, 0.717) is 13.0 Å². The lowest BCUT2D eigenvalue weighted by atomic mass is 9.95. The lowest BCUT2D eigenvalue weighted by Gasteiger charge is -2.11. The molecular weight excluding hydrogens is 641 g/mol. The SMILES string of the molecule is CCCCCCCCCCCCCCCCCCC(CCCC)C(=O)O.CCCCCCCCCCCCCCCCOC(=O)CCCCCCC. The van der Waals surface area contributed by atoms with Crippen LogP contribution in [-0.4, -0.2) is 23.7 Å². The van der Waals surface area contributed by atoms with Crippen molar-refractivity contribution < 1.29 is 19.4 Å². The Bertz CT molecular complexity index is 677. The summed E-state index contributed by atoms with van der Waals surface area (Å²) in [6, 6.07) is 0. The molecule has 0 bridgehead atoms. The Hall–Kier alpha value is -1.06. The van der Waals surface area contributed by atoms with Crippen LogP contribution >= 0.6 is 0 Å². The van der Waals surface area contributed by atoms with Crippen molar-refractivity contribution in [2.45, 2.75) is 285 Å². The highest BCUT2D eigenvalue weighted by Gasteiger charge is 2.15. The third-order valence-corrected chi connectivity index (χ3v) is 10.9. The first-order chi connectivity index (χ1) is 25.5. The van der Waals surface area contributed by atoms with E-state index < -0.39 is 5.97 Å². The van der Waals surface area contributed by atoms with E-state index in [1.807, 2.05) is 0 Å². The predicted octanol–water partition coefficient (Wildman–Crippen LogP) is 16.9. The van der Waals surface area contributed by atoms with E-state index >= 15 is 0 Å². The Morgan fingerprint density at radius 3 is 0.962 bits per heavy atom. The Morgan fingerprint density at radius 2 is 0.635 bits per heavy atom. The van der Waals surface area contributed by atoms with Gasteiger partial charge in [-0.1, -0.05) is 252 Å². The second-order valence-corrected chi connectivity index (χ2v) is 16.3. The fourth-order valence-electron chi connectivity index (χ4n) is 7.21. The molecule has 0 radical (unpaired) electrons. The van der Waals surface area contributed by atoms with Gasteiger partial charge >= 0.3 is 11.9 Å². The Kier molecular flexibility index (Phi) is 48.9. The summed E-state index contributed by atoms with van der Waals surface area (Å²) in [5, 5.41) is 9.23. The minimum absolute atomic E-state index is 0.0104. The van der Waals surface area contributed by atoms with Gasteiger partial charge in [-0.15, -0.1) is 0 Å². The predicted molar refractivity (Wildman–Crippen MR) is 229 cm³/mol. The van der Waals surface area contributed by atoms with E-state index in [0.717, 1.165) is 44.9 Å². The molecule has 1 unspecified atom stereocenters. The Balaban J connectivity index is 0. The van der Waals surface area contributed by atoms with Gasteiger partial charge in [0.15, 0.2) is 0 Å². The van der Waals surface area contributed by atoms with Crippen molar-refractivity contribution in [3.05, 3.63) is 0 Å². The first-order valence-electron chi connectivity index (χ1n) is 23.9. The largest absolute Gasteiger partial charge is 0.481 e. The molecule has 0 aromatic rings. The van der Waals surface area contributed by atoms with Crippen molar-refractivity contribution in [1.29, 1.82) is 0 Å². The Labute approximate surface area is 327 Å². The van der Waals surface area contributed by atoms with Crippen molar-refractivity contribution >= 4 is 11.9 Å². The normalized spacial score (nSPS) is 11.7. The average Bonchev–Trinajstić information content (AvgIpc) is 3.14. The third kappa shape index (κ3) is 47.0. The van der Waals surface area contributed by atoms with Gasteiger partial charge in [0.2, 0.25) is 0 Å². The van der Waals surface area contributed by atoms with Crippen LogP contribution in [0.5, 0.6) is 0 Å².